The largest absolute Gasteiger partial charge is 0.444 e. The molecular formula is C78H158N4O7. The molecule has 4 heterocycles. The molecule has 0 aliphatic carbocycles. The monoisotopic (exact) mass is 1260 g/mol. The highest BCUT2D eigenvalue weighted by atomic mass is 16.6. The predicted octanol–water partition coefficient (Wildman–Crippen LogP) is 21.8. The second kappa shape index (κ2) is 38.7. The average Bonchev–Trinajstić information content (AvgIpc) is 3.38. The maximum absolute atomic E-state index is 12.2. The molecule has 532 valence electrons. The van der Waals surface area contributed by atoms with E-state index >= 15 is 0 Å². The minimum absolute atomic E-state index is 0.122. The highest BCUT2D eigenvalue weighted by molar-refractivity contribution is 5.83. The van der Waals surface area contributed by atoms with Crippen LogP contribution < -0.4 is 10.6 Å². The van der Waals surface area contributed by atoms with Crippen molar-refractivity contribution >= 4 is 29.5 Å². The molecule has 89 heavy (non-hydrogen) atoms. The van der Waals surface area contributed by atoms with Gasteiger partial charge in [0.1, 0.15) is 28.6 Å². The molecule has 4 rings (SSSR count). The lowest BCUT2D eigenvalue weighted by atomic mass is 9.67. The van der Waals surface area contributed by atoms with Gasteiger partial charge >= 0.3 is 12.2 Å². The third kappa shape index (κ3) is 45.4. The molecule has 0 aromatic rings. The van der Waals surface area contributed by atoms with Crippen LogP contribution in [0.2, 0.25) is 0 Å². The van der Waals surface area contributed by atoms with Crippen LogP contribution in [0.1, 0.15) is 347 Å². The number of hydrogen-bond donors (Lipinski definition) is 2. The van der Waals surface area contributed by atoms with E-state index in [0.717, 1.165) is 63.7 Å². The number of likely N-dealkylation sites (tertiary alicyclic amines) is 2. The molecule has 2 N–H and O–H groups in total. The van der Waals surface area contributed by atoms with Crippen LogP contribution in [0.25, 0.3) is 0 Å². The van der Waals surface area contributed by atoms with E-state index in [1.807, 2.05) is 99.8 Å². The fraction of sp³-hybridized carbons (Fsp3) is 0.936. The highest BCUT2D eigenvalue weighted by Gasteiger charge is 2.38. The number of nitrogens with one attached hydrogen (secondary N) is 2. The number of carbonyl (C=O) groups excluding carboxylic acids is 5. The highest BCUT2D eigenvalue weighted by Crippen LogP contribution is 2.42. The molecule has 0 bridgehead atoms. The first-order valence-corrected chi connectivity index (χ1v) is 35.2. The molecule has 11 heteroatoms. The molecule has 2 unspecified atom stereocenters. The van der Waals surface area contributed by atoms with Crippen molar-refractivity contribution in [3.8, 4) is 0 Å². The van der Waals surface area contributed by atoms with Crippen LogP contribution in [0.3, 0.4) is 0 Å². The Morgan fingerprint density at radius 3 is 1.08 bits per heavy atom. The van der Waals surface area contributed by atoms with E-state index in [-0.39, 0.29) is 45.0 Å². The number of rotatable bonds is 4. The number of piperidine rings is 4. The zero-order valence-corrected chi connectivity index (χ0v) is 67.0. The number of amides is 2. The molecule has 4 aliphatic heterocycles. The second-order valence-corrected chi connectivity index (χ2v) is 38.6. The fourth-order valence-corrected chi connectivity index (χ4v) is 9.30. The standard InChI is InChI=1S/2C14H27NO2.C11H22O.2C9H19N.C8H18.C7H14O.C6H12O/c1-13(2,3)11-7-9-15(10-8-11)12(16)17-14(4,5)6;1-13(2,3)11-9-7-8-10-15(11)12(16)17-14(4,5)6;1-9(12)7-8-11(5,6)10(2,3)4;1-9(2,3)8-4-6-10-7-5-8;1-9(2,3)8-6-4-5-7-10-8;1-7(2,3)8(4,5)6;1-5-6(8)7(2,3)4;1-5(7)6(2,3)4/h2*11H,7-10H2,1-6H3;7-8H2,1-6H3;2*8,10H,4-7H2,1-3H3;1-6H3;5H2,1-4H3;1-4H3. The number of ketones is 3. The van der Waals surface area contributed by atoms with Crippen LogP contribution in [0.15, 0.2) is 0 Å². The molecule has 0 spiro atoms. The Labute approximate surface area is 556 Å². The minimum Gasteiger partial charge on any atom is -0.444 e. The van der Waals surface area contributed by atoms with E-state index in [0.29, 0.717) is 63.4 Å². The number of ether oxygens (including phenoxy) is 2. The zero-order chi connectivity index (χ0) is 71.6. The molecule has 0 aromatic heterocycles. The first kappa shape index (κ1) is 92.9. The van der Waals surface area contributed by atoms with Crippen molar-refractivity contribution < 1.29 is 33.4 Å². The minimum atomic E-state index is -0.406. The lowest BCUT2D eigenvalue weighted by molar-refractivity contribution is -0.126. The van der Waals surface area contributed by atoms with E-state index in [2.05, 4.69) is 170 Å². The van der Waals surface area contributed by atoms with Gasteiger partial charge in [0.05, 0.1) is 0 Å². The van der Waals surface area contributed by atoms with Crippen LogP contribution in [-0.4, -0.2) is 102 Å². The first-order valence-electron chi connectivity index (χ1n) is 35.2. The summed E-state index contributed by atoms with van der Waals surface area (Å²) in [6, 6.07) is 1.05. The molecule has 2 atom stereocenters. The normalized spacial score (nSPS) is 18.8. The van der Waals surface area contributed by atoms with Crippen molar-refractivity contribution in [3.63, 3.8) is 0 Å². The maximum atomic E-state index is 12.2. The lowest BCUT2D eigenvalue weighted by Gasteiger charge is -2.43. The Morgan fingerprint density at radius 1 is 0.427 bits per heavy atom. The topological polar surface area (TPSA) is 134 Å². The van der Waals surface area contributed by atoms with Crippen LogP contribution in [0, 0.1) is 66.0 Å². The van der Waals surface area contributed by atoms with Crippen LogP contribution >= 0.6 is 0 Å². The fourth-order valence-electron chi connectivity index (χ4n) is 9.30. The zero-order valence-electron chi connectivity index (χ0n) is 67.0. The summed E-state index contributed by atoms with van der Waals surface area (Å²) in [5.74, 6) is 2.52. The number of hydrogen-bond acceptors (Lipinski definition) is 9. The average molecular weight is 1260 g/mol. The van der Waals surface area contributed by atoms with Gasteiger partial charge in [-0.3, -0.25) is 9.59 Å². The van der Waals surface area contributed by atoms with Gasteiger partial charge in [-0.2, -0.15) is 0 Å². The van der Waals surface area contributed by atoms with E-state index in [1.54, 1.807) is 13.8 Å². The molecule has 4 saturated heterocycles. The van der Waals surface area contributed by atoms with Crippen molar-refractivity contribution in [2.75, 3.05) is 39.3 Å². The molecule has 0 radical (unpaired) electrons. The summed E-state index contributed by atoms with van der Waals surface area (Å²) in [6.45, 7) is 86.6. The Hall–Kier alpha value is -2.53. The van der Waals surface area contributed by atoms with E-state index in [4.69, 9.17) is 9.47 Å². The second-order valence-electron chi connectivity index (χ2n) is 38.6. The van der Waals surface area contributed by atoms with Gasteiger partial charge in [-0.05, 0) is 194 Å². The quantitative estimate of drug-likeness (QED) is 0.282. The third-order valence-corrected chi connectivity index (χ3v) is 19.0. The first-order chi connectivity index (χ1) is 39.3. The van der Waals surface area contributed by atoms with Crippen LogP contribution in [0.4, 0.5) is 9.59 Å². The maximum Gasteiger partial charge on any atom is 0.410 e. The van der Waals surface area contributed by atoms with Gasteiger partial charge in [0, 0.05) is 55.4 Å². The van der Waals surface area contributed by atoms with Gasteiger partial charge < -0.3 is 34.7 Å². The van der Waals surface area contributed by atoms with Gasteiger partial charge in [0.15, 0.2) is 0 Å². The molecule has 4 aliphatic rings. The van der Waals surface area contributed by atoms with Gasteiger partial charge in [0.25, 0.3) is 0 Å². The van der Waals surface area contributed by atoms with Crippen molar-refractivity contribution in [1.82, 2.24) is 20.4 Å². The number of carbonyl (C=O) groups is 5. The van der Waals surface area contributed by atoms with Gasteiger partial charge in [-0.25, -0.2) is 9.59 Å². The summed E-state index contributed by atoms with van der Waals surface area (Å²) in [6.07, 6.45) is 14.5. The summed E-state index contributed by atoms with van der Waals surface area (Å²) in [5.41, 5.74) is 1.80. The van der Waals surface area contributed by atoms with Crippen molar-refractivity contribution in [1.29, 1.82) is 0 Å². The molecule has 11 nitrogen and oxygen atoms in total. The Bertz CT molecular complexity index is 1920. The Balaban J connectivity index is -0.000000474. The molecule has 0 saturated carbocycles. The third-order valence-electron chi connectivity index (χ3n) is 19.0. The van der Waals surface area contributed by atoms with Crippen molar-refractivity contribution in [2.24, 2.45) is 66.0 Å². The molecule has 0 aromatic carbocycles. The summed E-state index contributed by atoms with van der Waals surface area (Å²) in [5, 5.41) is 6.95. The van der Waals surface area contributed by atoms with Crippen molar-refractivity contribution in [3.05, 3.63) is 0 Å². The Morgan fingerprint density at radius 2 is 0.820 bits per heavy atom. The van der Waals surface area contributed by atoms with E-state index in [1.165, 1.54) is 58.2 Å². The summed E-state index contributed by atoms with van der Waals surface area (Å²) in [7, 11) is 0. The Kier molecular flexibility index (Phi) is 40.4. The SMILES string of the molecule is CC(=O)C(C)(C)C.CC(=O)CCC(C)(C)C(C)(C)C.CC(C)(C)C(C)(C)C.CC(C)(C)C1CCCCN1.CC(C)(C)C1CCNCC1.CC(C)(C)OC(=O)N1CCC(C(C)(C)C)CC1.CC(C)(C)OC(=O)N1CCCCC1C(C)(C)C.CCC(=O)C(C)(C)C. The summed E-state index contributed by atoms with van der Waals surface area (Å²) >= 11 is 0. The summed E-state index contributed by atoms with van der Waals surface area (Å²) < 4.78 is 10.9. The van der Waals surface area contributed by atoms with Crippen molar-refractivity contribution in [2.45, 2.75) is 370 Å². The molecular weight excluding hydrogens is 1100 g/mol. The lowest BCUT2D eigenvalue weighted by Crippen LogP contribution is -2.51. The van der Waals surface area contributed by atoms with E-state index in [9.17, 15) is 24.0 Å². The van der Waals surface area contributed by atoms with Gasteiger partial charge in [-0.1, -0.05) is 214 Å². The molecule has 4 fully saturated rings. The molecule has 2 amide bonds. The van der Waals surface area contributed by atoms with E-state index < -0.39 is 11.2 Å². The predicted molar refractivity (Wildman–Crippen MR) is 387 cm³/mol. The number of nitrogens with zero attached hydrogens (tertiary/aromatic N) is 2. The van der Waals surface area contributed by atoms with Gasteiger partial charge in [-0.15, -0.1) is 0 Å². The van der Waals surface area contributed by atoms with Crippen LogP contribution in [0.5, 0.6) is 0 Å². The summed E-state index contributed by atoms with van der Waals surface area (Å²) in [4.78, 5) is 59.9. The number of Topliss-reactive ketones (excluding diaryl/α,β-unsaturated/α-hetero) is 3. The smallest absolute Gasteiger partial charge is 0.410 e. The van der Waals surface area contributed by atoms with Gasteiger partial charge in [0.2, 0.25) is 0 Å². The van der Waals surface area contributed by atoms with Crippen LogP contribution in [-0.2, 0) is 23.9 Å².